The van der Waals surface area contributed by atoms with Crippen LogP contribution in [0.25, 0.3) is 0 Å². The highest BCUT2D eigenvalue weighted by molar-refractivity contribution is 5.86. The molecule has 1 aliphatic carbocycles. The van der Waals surface area contributed by atoms with Gasteiger partial charge in [0, 0.05) is 6.20 Å². The highest BCUT2D eigenvalue weighted by Gasteiger charge is 2.18. The summed E-state index contributed by atoms with van der Waals surface area (Å²) in [6.07, 6.45) is 6.89. The van der Waals surface area contributed by atoms with E-state index in [0.717, 1.165) is 12.0 Å². The third-order valence-electron chi connectivity index (χ3n) is 2.30. The summed E-state index contributed by atoms with van der Waals surface area (Å²) in [5.41, 5.74) is 1.38. The number of hydrogen-bond acceptors (Lipinski definition) is 1. The number of aryl methyl sites for hydroxylation is 1. The summed E-state index contributed by atoms with van der Waals surface area (Å²) in [6, 6.07) is 1.95. The molecule has 13 heavy (non-hydrogen) atoms. The van der Waals surface area contributed by atoms with Crippen molar-refractivity contribution in [3.63, 3.8) is 0 Å². The number of aromatic nitrogens is 1. The first-order chi connectivity index (χ1) is 6.18. The smallest absolute Gasteiger partial charge is 0.352 e. The van der Waals surface area contributed by atoms with E-state index in [1.54, 1.807) is 6.07 Å². The zero-order chi connectivity index (χ0) is 9.42. The number of allylic oxidation sites excluding steroid dienone is 2. The van der Waals surface area contributed by atoms with Gasteiger partial charge in [-0.3, -0.25) is 0 Å². The first-order valence-electron chi connectivity index (χ1n) is 4.27. The Kier molecular flexibility index (Phi) is 1.72. The third-order valence-corrected chi connectivity index (χ3v) is 2.30. The molecule has 0 fully saturated rings. The first-order valence-corrected chi connectivity index (χ1v) is 4.27. The standard InChI is InChI=1S/C10H11NO2/c1-7-5-9(10(12)13)11(6-7)8-3-2-4-8/h2-3,5-6,8H,4H2,1H3,(H,12,13). The summed E-state index contributed by atoms with van der Waals surface area (Å²) in [5, 5.41) is 8.90. The Hall–Kier alpha value is -1.51. The average Bonchev–Trinajstić information content (AvgIpc) is 2.27. The van der Waals surface area contributed by atoms with Crippen LogP contribution in [0.4, 0.5) is 0 Å². The van der Waals surface area contributed by atoms with Crippen molar-refractivity contribution in [1.29, 1.82) is 0 Å². The molecular formula is C10H11NO2. The van der Waals surface area contributed by atoms with Gasteiger partial charge in [-0.15, -0.1) is 0 Å². The maximum absolute atomic E-state index is 10.8. The van der Waals surface area contributed by atoms with Gasteiger partial charge in [0.1, 0.15) is 5.69 Å². The fourth-order valence-corrected chi connectivity index (χ4v) is 1.53. The monoisotopic (exact) mass is 177 g/mol. The van der Waals surface area contributed by atoms with Gasteiger partial charge in [0.25, 0.3) is 0 Å². The van der Waals surface area contributed by atoms with Gasteiger partial charge >= 0.3 is 5.97 Å². The maximum Gasteiger partial charge on any atom is 0.352 e. The van der Waals surface area contributed by atoms with Crippen molar-refractivity contribution >= 4 is 5.97 Å². The number of nitrogens with zero attached hydrogens (tertiary/aromatic N) is 1. The van der Waals surface area contributed by atoms with Crippen molar-refractivity contribution in [1.82, 2.24) is 4.57 Å². The predicted octanol–water partition coefficient (Wildman–Crippen LogP) is 2.00. The normalized spacial score (nSPS) is 19.9. The van der Waals surface area contributed by atoms with E-state index < -0.39 is 5.97 Å². The number of carboxylic acids is 1. The topological polar surface area (TPSA) is 42.2 Å². The molecule has 1 N–H and O–H groups in total. The Bertz CT molecular complexity index is 376. The summed E-state index contributed by atoms with van der Waals surface area (Å²) in [6.45, 7) is 1.91. The molecule has 3 nitrogen and oxygen atoms in total. The maximum atomic E-state index is 10.8. The molecule has 68 valence electrons. The lowest BCUT2D eigenvalue weighted by Crippen LogP contribution is -2.15. The molecule has 1 aliphatic rings. The molecule has 2 rings (SSSR count). The van der Waals surface area contributed by atoms with Gasteiger partial charge in [-0.1, -0.05) is 12.2 Å². The highest BCUT2D eigenvalue weighted by atomic mass is 16.4. The first kappa shape index (κ1) is 8.10. The number of hydrogen-bond donors (Lipinski definition) is 1. The van der Waals surface area contributed by atoms with Crippen molar-refractivity contribution in [3.05, 3.63) is 35.7 Å². The molecule has 3 heteroatoms. The van der Waals surface area contributed by atoms with Crippen LogP contribution in [0, 0.1) is 6.92 Å². The van der Waals surface area contributed by atoms with Gasteiger partial charge in [-0.2, -0.15) is 0 Å². The molecule has 0 spiro atoms. The lowest BCUT2D eigenvalue weighted by Gasteiger charge is -2.21. The SMILES string of the molecule is Cc1cc(C(=O)O)n(C2C=CC2)c1. The van der Waals surface area contributed by atoms with Crippen LogP contribution in [0.15, 0.2) is 24.4 Å². The molecule has 1 heterocycles. The van der Waals surface area contributed by atoms with Gasteiger partial charge in [0.15, 0.2) is 0 Å². The number of rotatable bonds is 2. The van der Waals surface area contributed by atoms with Gasteiger partial charge in [0.05, 0.1) is 6.04 Å². The molecule has 1 atom stereocenters. The van der Waals surface area contributed by atoms with Crippen molar-refractivity contribution in [3.8, 4) is 0 Å². The van der Waals surface area contributed by atoms with Crippen LogP contribution in [0.2, 0.25) is 0 Å². The third kappa shape index (κ3) is 1.26. The van der Waals surface area contributed by atoms with Crippen LogP contribution in [-0.4, -0.2) is 15.6 Å². The minimum Gasteiger partial charge on any atom is -0.477 e. The average molecular weight is 177 g/mol. The molecule has 0 saturated heterocycles. The fraction of sp³-hybridized carbons (Fsp3) is 0.300. The van der Waals surface area contributed by atoms with Crippen LogP contribution >= 0.6 is 0 Å². The molecule has 1 aromatic heterocycles. The summed E-state index contributed by atoms with van der Waals surface area (Å²) in [5.74, 6) is -0.853. The Balaban J connectivity index is 2.42. The molecule has 0 bridgehead atoms. The Labute approximate surface area is 76.3 Å². The second-order valence-electron chi connectivity index (χ2n) is 3.35. The van der Waals surface area contributed by atoms with E-state index in [0.29, 0.717) is 5.69 Å². The van der Waals surface area contributed by atoms with E-state index in [1.807, 2.05) is 29.8 Å². The van der Waals surface area contributed by atoms with E-state index in [9.17, 15) is 4.79 Å². The fourth-order valence-electron chi connectivity index (χ4n) is 1.53. The number of carbonyl (C=O) groups is 1. The van der Waals surface area contributed by atoms with E-state index >= 15 is 0 Å². The minimum absolute atomic E-state index is 0.250. The van der Waals surface area contributed by atoms with E-state index in [2.05, 4.69) is 0 Å². The van der Waals surface area contributed by atoms with Crippen LogP contribution in [0.1, 0.15) is 28.5 Å². The Morgan fingerprint density at radius 3 is 2.85 bits per heavy atom. The molecule has 0 aliphatic heterocycles. The second kappa shape index (κ2) is 2.76. The summed E-state index contributed by atoms with van der Waals surface area (Å²) >= 11 is 0. The van der Waals surface area contributed by atoms with E-state index in [-0.39, 0.29) is 6.04 Å². The quantitative estimate of drug-likeness (QED) is 0.702. The number of aromatic carboxylic acids is 1. The highest BCUT2D eigenvalue weighted by Crippen LogP contribution is 2.26. The lowest BCUT2D eigenvalue weighted by molar-refractivity contribution is 0.0683. The van der Waals surface area contributed by atoms with E-state index in [1.165, 1.54) is 0 Å². The van der Waals surface area contributed by atoms with Gasteiger partial charge in [-0.25, -0.2) is 4.79 Å². The summed E-state index contributed by atoms with van der Waals surface area (Å²) in [4.78, 5) is 10.8. The van der Waals surface area contributed by atoms with Crippen molar-refractivity contribution in [2.75, 3.05) is 0 Å². The van der Waals surface area contributed by atoms with Gasteiger partial charge < -0.3 is 9.67 Å². The number of carboxylic acid groups (broad SMARTS) is 1. The van der Waals surface area contributed by atoms with Crippen LogP contribution in [0.3, 0.4) is 0 Å². The Morgan fingerprint density at radius 1 is 1.69 bits per heavy atom. The summed E-state index contributed by atoms with van der Waals surface area (Å²) < 4.78 is 1.82. The largest absolute Gasteiger partial charge is 0.477 e. The zero-order valence-electron chi connectivity index (χ0n) is 7.40. The molecule has 0 radical (unpaired) electrons. The molecular weight excluding hydrogens is 166 g/mol. The minimum atomic E-state index is -0.853. The molecule has 0 saturated carbocycles. The van der Waals surface area contributed by atoms with Gasteiger partial charge in [-0.05, 0) is 25.0 Å². The van der Waals surface area contributed by atoms with Crippen LogP contribution < -0.4 is 0 Å². The molecule has 1 aromatic rings. The second-order valence-corrected chi connectivity index (χ2v) is 3.35. The molecule has 0 aromatic carbocycles. The van der Waals surface area contributed by atoms with Crippen LogP contribution in [-0.2, 0) is 0 Å². The summed E-state index contributed by atoms with van der Waals surface area (Å²) in [7, 11) is 0. The van der Waals surface area contributed by atoms with Crippen molar-refractivity contribution < 1.29 is 9.90 Å². The lowest BCUT2D eigenvalue weighted by atomic mass is 10.0. The molecule has 0 amide bonds. The van der Waals surface area contributed by atoms with E-state index in [4.69, 9.17) is 5.11 Å². The predicted molar refractivity (Wildman–Crippen MR) is 48.9 cm³/mol. The Morgan fingerprint density at radius 2 is 2.38 bits per heavy atom. The zero-order valence-corrected chi connectivity index (χ0v) is 7.40. The van der Waals surface area contributed by atoms with Crippen molar-refractivity contribution in [2.45, 2.75) is 19.4 Å². The molecule has 1 unspecified atom stereocenters. The van der Waals surface area contributed by atoms with Gasteiger partial charge in [0.2, 0.25) is 0 Å². The van der Waals surface area contributed by atoms with Crippen molar-refractivity contribution in [2.24, 2.45) is 0 Å². The van der Waals surface area contributed by atoms with Crippen LogP contribution in [0.5, 0.6) is 0 Å².